The Morgan fingerprint density at radius 3 is 2.15 bits per heavy atom. The van der Waals surface area contributed by atoms with Gasteiger partial charge in [-0.05, 0) is 57.5 Å². The summed E-state index contributed by atoms with van der Waals surface area (Å²) in [7, 11) is 6.54. The Morgan fingerprint density at radius 1 is 1.15 bits per heavy atom. The quantitative estimate of drug-likeness (QED) is 0.865. The van der Waals surface area contributed by atoms with Crippen LogP contribution in [-0.4, -0.2) is 43.2 Å². The zero-order valence-electron chi connectivity index (χ0n) is 13.3. The number of aliphatic hydroxyl groups is 1. The average Bonchev–Trinajstić information content (AvgIpc) is 2.41. The van der Waals surface area contributed by atoms with Gasteiger partial charge in [0.05, 0.1) is 6.10 Å². The summed E-state index contributed by atoms with van der Waals surface area (Å²) in [6.07, 6.45) is 4.34. The van der Waals surface area contributed by atoms with E-state index in [4.69, 9.17) is 0 Å². The SMILES string of the molecule is CC[C@H](O)c1ccc(N(C)CC2(N(C)C)CCC2)cc1. The van der Waals surface area contributed by atoms with E-state index in [1.165, 1.54) is 24.9 Å². The third-order valence-corrected chi connectivity index (χ3v) is 4.87. The second-order valence-electron chi connectivity index (χ2n) is 6.34. The maximum absolute atomic E-state index is 9.84. The summed E-state index contributed by atoms with van der Waals surface area (Å²) in [6.45, 7) is 3.07. The van der Waals surface area contributed by atoms with Crippen molar-refractivity contribution in [3.63, 3.8) is 0 Å². The lowest BCUT2D eigenvalue weighted by molar-refractivity contribution is 0.0683. The summed E-state index contributed by atoms with van der Waals surface area (Å²) in [6, 6.07) is 8.33. The van der Waals surface area contributed by atoms with Gasteiger partial charge in [0.25, 0.3) is 0 Å². The van der Waals surface area contributed by atoms with Crippen molar-refractivity contribution in [1.82, 2.24) is 4.90 Å². The number of aliphatic hydroxyl groups excluding tert-OH is 1. The molecule has 0 bridgehead atoms. The highest BCUT2D eigenvalue weighted by Crippen LogP contribution is 2.37. The minimum Gasteiger partial charge on any atom is -0.388 e. The fourth-order valence-electron chi connectivity index (χ4n) is 3.05. The van der Waals surface area contributed by atoms with Gasteiger partial charge in [-0.2, -0.15) is 0 Å². The first-order chi connectivity index (χ1) is 9.48. The summed E-state index contributed by atoms with van der Waals surface area (Å²) in [5.74, 6) is 0. The van der Waals surface area contributed by atoms with Crippen molar-refractivity contribution >= 4 is 5.69 Å². The molecule has 0 spiro atoms. The molecule has 0 aromatic heterocycles. The second-order valence-corrected chi connectivity index (χ2v) is 6.34. The standard InChI is InChI=1S/C17H28N2O/c1-5-16(20)14-7-9-15(10-8-14)19(4)13-17(18(2)3)11-6-12-17/h7-10,16,20H,5-6,11-13H2,1-4H3/t16-/m0/s1. The molecular weight excluding hydrogens is 248 g/mol. The predicted octanol–water partition coefficient (Wildman–Crippen LogP) is 3.05. The van der Waals surface area contributed by atoms with Crippen LogP contribution in [0.15, 0.2) is 24.3 Å². The van der Waals surface area contributed by atoms with Gasteiger partial charge in [-0.15, -0.1) is 0 Å². The number of nitrogens with zero attached hydrogens (tertiary/aromatic N) is 2. The van der Waals surface area contributed by atoms with E-state index in [1.54, 1.807) is 0 Å². The molecule has 0 saturated heterocycles. The zero-order chi connectivity index (χ0) is 14.8. The van der Waals surface area contributed by atoms with Gasteiger partial charge in [-0.25, -0.2) is 0 Å². The van der Waals surface area contributed by atoms with Gasteiger partial charge >= 0.3 is 0 Å². The van der Waals surface area contributed by atoms with Gasteiger partial charge in [0.15, 0.2) is 0 Å². The summed E-state index contributed by atoms with van der Waals surface area (Å²) in [5, 5.41) is 9.84. The van der Waals surface area contributed by atoms with Crippen molar-refractivity contribution < 1.29 is 5.11 Å². The monoisotopic (exact) mass is 276 g/mol. The molecule has 20 heavy (non-hydrogen) atoms. The second kappa shape index (κ2) is 6.15. The maximum atomic E-state index is 9.84. The van der Waals surface area contributed by atoms with Gasteiger partial charge < -0.3 is 14.9 Å². The molecule has 112 valence electrons. The van der Waals surface area contributed by atoms with Crippen molar-refractivity contribution in [2.45, 2.75) is 44.2 Å². The van der Waals surface area contributed by atoms with Gasteiger partial charge in [-0.3, -0.25) is 0 Å². The Morgan fingerprint density at radius 2 is 1.75 bits per heavy atom. The van der Waals surface area contributed by atoms with Crippen molar-refractivity contribution in [1.29, 1.82) is 0 Å². The third-order valence-electron chi connectivity index (χ3n) is 4.87. The van der Waals surface area contributed by atoms with Crippen LogP contribution in [0.1, 0.15) is 44.3 Å². The highest BCUT2D eigenvalue weighted by molar-refractivity contribution is 5.47. The Labute approximate surface area is 123 Å². The van der Waals surface area contributed by atoms with E-state index >= 15 is 0 Å². The van der Waals surface area contributed by atoms with Crippen molar-refractivity contribution in [3.05, 3.63) is 29.8 Å². The molecule has 0 aliphatic heterocycles. The Kier molecular flexibility index (Phi) is 4.71. The zero-order valence-corrected chi connectivity index (χ0v) is 13.3. The molecule has 0 unspecified atom stereocenters. The first-order valence-corrected chi connectivity index (χ1v) is 7.65. The van der Waals surface area contributed by atoms with E-state index in [0.717, 1.165) is 18.5 Å². The van der Waals surface area contributed by atoms with E-state index in [-0.39, 0.29) is 6.10 Å². The number of hydrogen-bond donors (Lipinski definition) is 1. The van der Waals surface area contributed by atoms with Gasteiger partial charge in [0.1, 0.15) is 0 Å². The van der Waals surface area contributed by atoms with E-state index in [2.05, 4.69) is 43.1 Å². The molecule has 1 aliphatic carbocycles. The molecule has 2 rings (SSSR count). The minimum atomic E-state index is -0.339. The molecule has 1 aromatic carbocycles. The number of likely N-dealkylation sites (N-methyl/N-ethyl adjacent to an activating group) is 2. The highest BCUT2D eigenvalue weighted by Gasteiger charge is 2.39. The molecule has 0 amide bonds. The number of hydrogen-bond acceptors (Lipinski definition) is 3. The smallest absolute Gasteiger partial charge is 0.0787 e. The Bertz CT molecular complexity index is 423. The van der Waals surface area contributed by atoms with Crippen LogP contribution in [-0.2, 0) is 0 Å². The minimum absolute atomic E-state index is 0.339. The molecular formula is C17H28N2O. The van der Waals surface area contributed by atoms with Gasteiger partial charge in [0, 0.05) is 24.8 Å². The highest BCUT2D eigenvalue weighted by atomic mass is 16.3. The largest absolute Gasteiger partial charge is 0.388 e. The van der Waals surface area contributed by atoms with E-state index in [9.17, 15) is 5.11 Å². The lowest BCUT2D eigenvalue weighted by Crippen LogP contribution is -2.56. The summed E-state index contributed by atoms with van der Waals surface area (Å²) >= 11 is 0. The summed E-state index contributed by atoms with van der Waals surface area (Å²) in [5.41, 5.74) is 2.58. The fourth-order valence-corrected chi connectivity index (χ4v) is 3.05. The van der Waals surface area contributed by atoms with Crippen LogP contribution >= 0.6 is 0 Å². The molecule has 0 radical (unpaired) electrons. The van der Waals surface area contributed by atoms with E-state index < -0.39 is 0 Å². The van der Waals surface area contributed by atoms with Crippen molar-refractivity contribution in [3.8, 4) is 0 Å². The molecule has 0 heterocycles. The molecule has 1 fully saturated rings. The first kappa shape index (κ1) is 15.3. The van der Waals surface area contributed by atoms with Crippen LogP contribution < -0.4 is 4.90 Å². The van der Waals surface area contributed by atoms with Gasteiger partial charge in [0.2, 0.25) is 0 Å². The molecule has 1 aromatic rings. The lowest BCUT2D eigenvalue weighted by atomic mass is 9.75. The van der Waals surface area contributed by atoms with Crippen molar-refractivity contribution in [2.24, 2.45) is 0 Å². The maximum Gasteiger partial charge on any atom is 0.0787 e. The van der Waals surface area contributed by atoms with Crippen LogP contribution in [0, 0.1) is 0 Å². The summed E-state index contributed by atoms with van der Waals surface area (Å²) in [4.78, 5) is 4.71. The van der Waals surface area contributed by atoms with E-state index in [0.29, 0.717) is 5.54 Å². The molecule has 1 saturated carbocycles. The van der Waals surface area contributed by atoms with Crippen LogP contribution in [0.3, 0.4) is 0 Å². The number of rotatable bonds is 6. The fraction of sp³-hybridized carbons (Fsp3) is 0.647. The van der Waals surface area contributed by atoms with Crippen LogP contribution in [0.4, 0.5) is 5.69 Å². The molecule has 3 heteroatoms. The van der Waals surface area contributed by atoms with Crippen molar-refractivity contribution in [2.75, 3.05) is 32.6 Å². The average molecular weight is 276 g/mol. The van der Waals surface area contributed by atoms with Crippen LogP contribution in [0.2, 0.25) is 0 Å². The van der Waals surface area contributed by atoms with Crippen LogP contribution in [0.5, 0.6) is 0 Å². The number of benzene rings is 1. The predicted molar refractivity (Wildman–Crippen MR) is 85.2 cm³/mol. The Hall–Kier alpha value is -1.06. The lowest BCUT2D eigenvalue weighted by Gasteiger charge is -2.49. The molecule has 1 atom stereocenters. The molecule has 3 nitrogen and oxygen atoms in total. The molecule has 1 aliphatic rings. The summed E-state index contributed by atoms with van der Waals surface area (Å²) < 4.78 is 0. The first-order valence-electron chi connectivity index (χ1n) is 7.65. The normalized spacial score (nSPS) is 18.7. The van der Waals surface area contributed by atoms with Gasteiger partial charge in [-0.1, -0.05) is 19.1 Å². The van der Waals surface area contributed by atoms with Crippen LogP contribution in [0.25, 0.3) is 0 Å². The molecule has 1 N–H and O–H groups in total. The topological polar surface area (TPSA) is 26.7 Å². The number of anilines is 1. The van der Waals surface area contributed by atoms with E-state index in [1.807, 2.05) is 19.1 Å². The third kappa shape index (κ3) is 2.99. The Balaban J connectivity index is 2.04.